The fourth-order valence-electron chi connectivity index (χ4n) is 0. The van der Waals surface area contributed by atoms with Crippen LogP contribution < -0.4 is 38.4 Å². The molecule has 0 radical (unpaired) electrons. The van der Waals surface area contributed by atoms with Crippen LogP contribution in [0.15, 0.2) is 0 Å². The summed E-state index contributed by atoms with van der Waals surface area (Å²) in [5, 5.41) is 0. The minimum absolute atomic E-state index is 0. The molecule has 0 aromatic rings. The summed E-state index contributed by atoms with van der Waals surface area (Å²) in [7, 11) is -14.5. The van der Waals surface area contributed by atoms with E-state index in [9.17, 15) is 0 Å². The maximum atomic E-state index is 8.52. The van der Waals surface area contributed by atoms with Crippen LogP contribution in [0.25, 0.3) is 24.6 Å². The van der Waals surface area contributed by atoms with Crippen molar-refractivity contribution in [1.29, 1.82) is 0 Å². The normalized spacial score (nSPS) is 3.84. The van der Waals surface area contributed by atoms with Gasteiger partial charge >= 0.3 is 109 Å². The molecule has 0 amide bonds. The topological polar surface area (TPSA) is 375 Å². The van der Waals surface area contributed by atoms with Crippen molar-refractivity contribution in [2.75, 3.05) is 0 Å². The van der Waals surface area contributed by atoms with Crippen LogP contribution in [0.2, 0.25) is 0 Å². The van der Waals surface area contributed by atoms with Crippen LogP contribution in [0.3, 0.4) is 0 Å². The molecule has 25 heteroatoms. The van der Waals surface area contributed by atoms with Crippen molar-refractivity contribution >= 4 is 36.7 Å². The molecule has 0 spiro atoms. The van der Waals surface area contributed by atoms with E-state index in [4.69, 9.17) is 56.2 Å². The Hall–Kier alpha value is 1.88. The predicted molar refractivity (Wildman–Crippen MR) is 39.2 cm³/mol. The van der Waals surface area contributed by atoms with Gasteiger partial charge in [0.15, 0.2) is 0 Å². The number of hydrogen-bond acceptors (Lipinski definition) is 12. The van der Waals surface area contributed by atoms with Gasteiger partial charge in [0, 0.05) is 36.7 Å². The van der Waals surface area contributed by atoms with Gasteiger partial charge in [-0.2, -0.15) is 0 Å². The molecule has 0 aromatic heterocycles. The van der Waals surface area contributed by atoms with Crippen molar-refractivity contribution in [3.8, 4) is 0 Å². The van der Waals surface area contributed by atoms with Gasteiger partial charge in [-0.3, -0.25) is 0 Å². The van der Waals surface area contributed by atoms with E-state index >= 15 is 0 Å². The Bertz CT molecular complexity index is 186. The van der Waals surface area contributed by atoms with Crippen molar-refractivity contribution in [2.45, 2.75) is 0 Å². The molecule has 25 heavy (non-hydrogen) atoms. The first kappa shape index (κ1) is 93.5. The average molecular weight is 600 g/mol. The van der Waals surface area contributed by atoms with Gasteiger partial charge in [-0.05, 0) is 0 Å². The Labute approximate surface area is 223 Å². The van der Waals surface area contributed by atoms with E-state index in [-0.39, 0.29) is 133 Å². The van der Waals surface area contributed by atoms with Crippen molar-refractivity contribution in [2.24, 2.45) is 0 Å². The summed E-state index contributed by atoms with van der Waals surface area (Å²) in [5.74, 6) is 0. The van der Waals surface area contributed by atoms with Crippen LogP contribution in [0.4, 0.5) is 0 Å². The first-order valence-corrected chi connectivity index (χ1v) is 7.35. The fourth-order valence-corrected chi connectivity index (χ4v) is 0. The molecule has 0 aliphatic rings. The molecular weight excluding hydrogens is 600 g/mol. The Morgan fingerprint density at radius 1 is 0.320 bits per heavy atom. The van der Waals surface area contributed by atoms with Crippen LogP contribution in [0.5, 0.6) is 0 Å². The molecule has 0 atom stereocenters. The van der Waals surface area contributed by atoms with Gasteiger partial charge < -0.3 is 80.8 Å². The summed E-state index contributed by atoms with van der Waals surface area (Å²) in [4.78, 5) is 68.1. The molecular formula is N4O12Si4Ti5. The van der Waals surface area contributed by atoms with E-state index in [2.05, 4.69) is 0 Å². The molecule has 0 saturated heterocycles. The van der Waals surface area contributed by atoms with Crippen LogP contribution in [-0.4, -0.2) is 36.7 Å². The first-order chi connectivity index (χ1) is 6.93. The Morgan fingerprint density at radius 3 is 0.320 bits per heavy atom. The van der Waals surface area contributed by atoms with Gasteiger partial charge in [0.25, 0.3) is 0 Å². The van der Waals surface area contributed by atoms with Crippen molar-refractivity contribution in [1.82, 2.24) is 0 Å². The van der Waals surface area contributed by atoms with Crippen LogP contribution in [-0.2, 0) is 126 Å². The molecule has 0 saturated carbocycles. The number of nitrogens with zero attached hydrogens (tertiary/aromatic N) is 4. The third kappa shape index (κ3) is 4180. The Kier molecular flexibility index (Phi) is 311. The zero-order valence-electron chi connectivity index (χ0n) is 11.2. The second kappa shape index (κ2) is 83.2. The maximum absolute atomic E-state index is 8.52. The molecule has 0 fully saturated rings. The fraction of sp³-hybridized carbons (Fsp3) is 0. The SMILES string of the molecule is O=[Si]([O-])[O-].O=[Si]([O-])[O-].O=[Si]([O-])[O-].O=[Si]([O-])[O-].[N-3].[N-3].[N-3].[N-3].[Ti+4].[Ti+4].[Ti+4].[Ti+4].[Ti+4]. The van der Waals surface area contributed by atoms with Gasteiger partial charge in [-0.1, -0.05) is 0 Å². The summed E-state index contributed by atoms with van der Waals surface area (Å²) in [6, 6.07) is 0. The summed E-state index contributed by atoms with van der Waals surface area (Å²) < 4.78 is 34.1. The average Bonchev–Trinajstić information content (AvgIpc) is 1.76. The van der Waals surface area contributed by atoms with Gasteiger partial charge in [0.05, 0.1) is 0 Å². The zero-order chi connectivity index (χ0) is 14.3. The van der Waals surface area contributed by atoms with E-state index < -0.39 is 36.7 Å². The Morgan fingerprint density at radius 2 is 0.320 bits per heavy atom. The van der Waals surface area contributed by atoms with Gasteiger partial charge in [0.1, 0.15) is 0 Å². The first-order valence-electron chi connectivity index (χ1n) is 2.45. The molecule has 128 valence electrons. The van der Waals surface area contributed by atoms with Crippen molar-refractivity contribution < 1.29 is 165 Å². The molecule has 0 rings (SSSR count). The second-order valence-electron chi connectivity index (χ2n) is 1.00. The Balaban J connectivity index is -0.00000000623. The van der Waals surface area contributed by atoms with Gasteiger partial charge in [0.2, 0.25) is 0 Å². The van der Waals surface area contributed by atoms with Gasteiger partial charge in [-0.25, -0.2) is 0 Å². The summed E-state index contributed by atoms with van der Waals surface area (Å²) in [6.45, 7) is 0. The third-order valence-corrected chi connectivity index (χ3v) is 0. The smallest absolute Gasteiger partial charge is 3.00 e. The van der Waals surface area contributed by atoms with E-state index in [0.717, 1.165) is 0 Å². The van der Waals surface area contributed by atoms with Crippen LogP contribution in [0.1, 0.15) is 0 Å². The standard InChI is InChI=1S/4N.4O3Si.5Ti/c;;;;4*1-4(2)3;;;;;/q4*-3;4*-2;5*+4. The zero-order valence-corrected chi connectivity index (χ0v) is 23.0. The maximum Gasteiger partial charge on any atom is 4.00 e. The van der Waals surface area contributed by atoms with Crippen molar-refractivity contribution in [3.63, 3.8) is 0 Å². The van der Waals surface area contributed by atoms with Gasteiger partial charge in [-0.15, -0.1) is 0 Å². The third-order valence-electron chi connectivity index (χ3n) is 0. The quantitative estimate of drug-likeness (QED) is 0.234. The van der Waals surface area contributed by atoms with E-state index in [1.807, 2.05) is 0 Å². The number of rotatable bonds is 0. The molecule has 0 aliphatic heterocycles. The molecule has 0 bridgehead atoms. The molecule has 0 unspecified atom stereocenters. The van der Waals surface area contributed by atoms with E-state index in [0.29, 0.717) is 0 Å². The van der Waals surface area contributed by atoms with E-state index in [1.54, 1.807) is 0 Å². The van der Waals surface area contributed by atoms with Crippen LogP contribution in [0, 0.1) is 0 Å². The minimum Gasteiger partial charge on any atom is -3.00 e. The molecule has 0 aromatic carbocycles. The van der Waals surface area contributed by atoms with Crippen LogP contribution >= 0.6 is 0 Å². The molecule has 0 heterocycles. The molecule has 16 nitrogen and oxygen atoms in total. The summed E-state index contributed by atoms with van der Waals surface area (Å²) in [6.07, 6.45) is 0. The minimum atomic E-state index is -3.63. The van der Waals surface area contributed by atoms with E-state index in [1.165, 1.54) is 0 Å². The van der Waals surface area contributed by atoms with Crippen molar-refractivity contribution in [3.05, 3.63) is 24.6 Å². The molecule has 0 N–H and O–H groups in total. The largest absolute Gasteiger partial charge is 4.00 e. The monoisotopic (exact) mass is 600 g/mol. The predicted octanol–water partition coefficient (Wildman–Crippen LogP) is -10.4. The number of hydrogen-bond donors (Lipinski definition) is 0. The summed E-state index contributed by atoms with van der Waals surface area (Å²) >= 11 is 0. The second-order valence-corrected chi connectivity index (χ2v) is 3.00. The summed E-state index contributed by atoms with van der Waals surface area (Å²) in [5.41, 5.74) is 0. The molecule has 0 aliphatic carbocycles.